The second-order valence-electron chi connectivity index (χ2n) is 4.58. The van der Waals surface area contributed by atoms with E-state index in [1.165, 1.54) is 6.33 Å². The lowest BCUT2D eigenvalue weighted by Crippen LogP contribution is -2.36. The Balaban J connectivity index is 1.84. The van der Waals surface area contributed by atoms with Gasteiger partial charge in [-0.3, -0.25) is 0 Å². The van der Waals surface area contributed by atoms with Crippen molar-refractivity contribution in [2.45, 2.75) is 18.9 Å². The van der Waals surface area contributed by atoms with E-state index in [4.69, 9.17) is 0 Å². The van der Waals surface area contributed by atoms with E-state index in [2.05, 4.69) is 24.8 Å². The van der Waals surface area contributed by atoms with E-state index in [0.29, 0.717) is 5.82 Å². The molecule has 6 nitrogen and oxygen atoms in total. The Labute approximate surface area is 111 Å². The number of aliphatic hydroxyl groups is 1. The molecular formula is C13H15N5O. The summed E-state index contributed by atoms with van der Waals surface area (Å²) in [6.07, 6.45) is 8.02. The quantitative estimate of drug-likeness (QED) is 0.861. The average molecular weight is 257 g/mol. The van der Waals surface area contributed by atoms with Crippen molar-refractivity contribution < 1.29 is 5.11 Å². The Morgan fingerprint density at radius 1 is 1.16 bits per heavy atom. The summed E-state index contributed by atoms with van der Waals surface area (Å²) in [5.41, 5.74) is 0.807. The Kier molecular flexibility index (Phi) is 3.33. The molecule has 1 aliphatic heterocycles. The average Bonchev–Trinajstić information content (AvgIpc) is 2.49. The molecule has 98 valence electrons. The maximum Gasteiger partial charge on any atom is 0.164 e. The molecule has 19 heavy (non-hydrogen) atoms. The molecular weight excluding hydrogens is 242 g/mol. The number of hydrogen-bond acceptors (Lipinski definition) is 6. The fourth-order valence-electron chi connectivity index (χ4n) is 2.17. The first kappa shape index (κ1) is 12.0. The van der Waals surface area contributed by atoms with Crippen molar-refractivity contribution in [2.24, 2.45) is 0 Å². The minimum atomic E-state index is -0.180. The van der Waals surface area contributed by atoms with Gasteiger partial charge in [-0.05, 0) is 18.9 Å². The Morgan fingerprint density at radius 3 is 2.63 bits per heavy atom. The van der Waals surface area contributed by atoms with E-state index >= 15 is 0 Å². The van der Waals surface area contributed by atoms with Crippen molar-refractivity contribution in [3.05, 3.63) is 31.0 Å². The molecule has 6 heteroatoms. The van der Waals surface area contributed by atoms with Crippen LogP contribution in [0, 0.1) is 0 Å². The van der Waals surface area contributed by atoms with Crippen LogP contribution in [-0.2, 0) is 0 Å². The highest BCUT2D eigenvalue weighted by Crippen LogP contribution is 2.20. The number of nitrogens with zero attached hydrogens (tertiary/aromatic N) is 5. The number of anilines is 1. The van der Waals surface area contributed by atoms with Crippen molar-refractivity contribution in [1.29, 1.82) is 0 Å². The van der Waals surface area contributed by atoms with Gasteiger partial charge in [0.25, 0.3) is 0 Å². The summed E-state index contributed by atoms with van der Waals surface area (Å²) in [6.45, 7) is 1.64. The molecule has 0 spiro atoms. The van der Waals surface area contributed by atoms with Gasteiger partial charge in [0.15, 0.2) is 5.82 Å². The molecule has 0 radical (unpaired) electrons. The number of hydrogen-bond donors (Lipinski definition) is 1. The third-order valence-corrected chi connectivity index (χ3v) is 3.25. The van der Waals surface area contributed by atoms with Crippen LogP contribution in [0.4, 0.5) is 5.82 Å². The van der Waals surface area contributed by atoms with Gasteiger partial charge in [0, 0.05) is 31.7 Å². The zero-order chi connectivity index (χ0) is 13.1. The zero-order valence-electron chi connectivity index (χ0n) is 10.5. The minimum absolute atomic E-state index is 0.180. The third kappa shape index (κ3) is 2.68. The van der Waals surface area contributed by atoms with Crippen molar-refractivity contribution in [2.75, 3.05) is 18.0 Å². The Hall–Kier alpha value is -2.08. The van der Waals surface area contributed by atoms with Crippen LogP contribution in [-0.4, -0.2) is 44.2 Å². The van der Waals surface area contributed by atoms with Gasteiger partial charge in [0.2, 0.25) is 0 Å². The van der Waals surface area contributed by atoms with Gasteiger partial charge in [-0.25, -0.2) is 19.9 Å². The fraction of sp³-hybridized carbons (Fsp3) is 0.385. The normalized spacial score (nSPS) is 16.6. The minimum Gasteiger partial charge on any atom is -0.393 e. The second-order valence-corrected chi connectivity index (χ2v) is 4.58. The molecule has 0 aliphatic carbocycles. The second kappa shape index (κ2) is 5.27. The highest BCUT2D eigenvalue weighted by Gasteiger charge is 2.18. The van der Waals surface area contributed by atoms with Gasteiger partial charge in [0.05, 0.1) is 11.7 Å². The zero-order valence-corrected chi connectivity index (χ0v) is 10.5. The van der Waals surface area contributed by atoms with Crippen LogP contribution in [0.15, 0.2) is 31.0 Å². The lowest BCUT2D eigenvalue weighted by molar-refractivity contribution is 0.145. The Morgan fingerprint density at radius 2 is 1.89 bits per heavy atom. The molecule has 3 rings (SSSR count). The number of rotatable bonds is 2. The number of aromatic nitrogens is 4. The molecule has 1 saturated heterocycles. The standard InChI is InChI=1S/C13H15N5O/c19-11-2-5-18(6-3-11)12-1-4-16-13(17-12)10-7-14-9-15-8-10/h1,4,7-9,11,19H,2-3,5-6H2. The molecule has 0 saturated carbocycles. The van der Waals surface area contributed by atoms with Crippen molar-refractivity contribution in [3.8, 4) is 11.4 Å². The summed E-state index contributed by atoms with van der Waals surface area (Å²) >= 11 is 0. The molecule has 2 aromatic rings. The van der Waals surface area contributed by atoms with Crippen LogP contribution in [0.3, 0.4) is 0 Å². The molecule has 1 fully saturated rings. The van der Waals surface area contributed by atoms with E-state index in [1.54, 1.807) is 18.6 Å². The van der Waals surface area contributed by atoms with Crippen molar-refractivity contribution in [3.63, 3.8) is 0 Å². The molecule has 1 aliphatic rings. The molecule has 1 N–H and O–H groups in total. The fourth-order valence-corrected chi connectivity index (χ4v) is 2.17. The summed E-state index contributed by atoms with van der Waals surface area (Å²) < 4.78 is 0. The molecule has 0 aromatic carbocycles. The largest absolute Gasteiger partial charge is 0.393 e. The van der Waals surface area contributed by atoms with Gasteiger partial charge in [-0.2, -0.15) is 0 Å². The van der Waals surface area contributed by atoms with Crippen molar-refractivity contribution in [1.82, 2.24) is 19.9 Å². The molecule has 0 amide bonds. The van der Waals surface area contributed by atoms with Crippen molar-refractivity contribution >= 4 is 5.82 Å². The van der Waals surface area contributed by atoms with E-state index < -0.39 is 0 Å². The van der Waals surface area contributed by atoms with Crippen LogP contribution in [0.1, 0.15) is 12.8 Å². The van der Waals surface area contributed by atoms with Gasteiger partial charge in [0.1, 0.15) is 12.1 Å². The molecule has 3 heterocycles. The predicted octanol–water partition coefficient (Wildman–Crippen LogP) is 0.895. The summed E-state index contributed by atoms with van der Waals surface area (Å²) in [7, 11) is 0. The van der Waals surface area contributed by atoms with E-state index in [9.17, 15) is 5.11 Å². The van der Waals surface area contributed by atoms with Gasteiger partial charge in [-0.1, -0.05) is 0 Å². The van der Waals surface area contributed by atoms with Gasteiger partial charge < -0.3 is 10.0 Å². The first-order valence-corrected chi connectivity index (χ1v) is 6.34. The highest BCUT2D eigenvalue weighted by atomic mass is 16.3. The smallest absolute Gasteiger partial charge is 0.164 e. The third-order valence-electron chi connectivity index (χ3n) is 3.25. The molecule has 0 bridgehead atoms. The first-order chi connectivity index (χ1) is 9.33. The van der Waals surface area contributed by atoms with Crippen LogP contribution < -0.4 is 4.90 Å². The molecule has 0 atom stereocenters. The summed E-state index contributed by atoms with van der Waals surface area (Å²) in [6, 6.07) is 1.89. The lowest BCUT2D eigenvalue weighted by atomic mass is 10.1. The maximum absolute atomic E-state index is 9.53. The summed E-state index contributed by atoms with van der Waals surface area (Å²) in [5.74, 6) is 1.52. The van der Waals surface area contributed by atoms with Crippen LogP contribution >= 0.6 is 0 Å². The SMILES string of the molecule is OC1CCN(c2ccnc(-c3cncnc3)n2)CC1. The summed E-state index contributed by atoms with van der Waals surface area (Å²) in [5, 5.41) is 9.53. The van der Waals surface area contributed by atoms with Gasteiger partial charge in [-0.15, -0.1) is 0 Å². The Bertz CT molecular complexity index is 540. The monoisotopic (exact) mass is 257 g/mol. The maximum atomic E-state index is 9.53. The number of aliphatic hydroxyl groups excluding tert-OH is 1. The van der Waals surface area contributed by atoms with Crippen LogP contribution in [0.5, 0.6) is 0 Å². The van der Waals surface area contributed by atoms with E-state index in [1.807, 2.05) is 6.07 Å². The van der Waals surface area contributed by atoms with E-state index in [0.717, 1.165) is 37.3 Å². The number of piperidine rings is 1. The lowest BCUT2D eigenvalue weighted by Gasteiger charge is -2.30. The molecule has 0 unspecified atom stereocenters. The predicted molar refractivity (Wildman–Crippen MR) is 70.5 cm³/mol. The van der Waals surface area contributed by atoms with Crippen LogP contribution in [0.2, 0.25) is 0 Å². The first-order valence-electron chi connectivity index (χ1n) is 6.34. The van der Waals surface area contributed by atoms with Crippen LogP contribution in [0.25, 0.3) is 11.4 Å². The molecule has 2 aromatic heterocycles. The van der Waals surface area contributed by atoms with E-state index in [-0.39, 0.29) is 6.10 Å². The van der Waals surface area contributed by atoms with Gasteiger partial charge >= 0.3 is 0 Å². The topological polar surface area (TPSA) is 75.0 Å². The highest BCUT2D eigenvalue weighted by molar-refractivity contribution is 5.54. The summed E-state index contributed by atoms with van der Waals surface area (Å²) in [4.78, 5) is 18.9.